The minimum Gasteiger partial charge on any atom is -0.490 e. The van der Waals surface area contributed by atoms with Gasteiger partial charge in [-0.25, -0.2) is 18.4 Å². The molecule has 0 saturated heterocycles. The van der Waals surface area contributed by atoms with Crippen molar-refractivity contribution >= 4 is 27.3 Å². The van der Waals surface area contributed by atoms with Crippen LogP contribution in [0.5, 0.6) is 5.75 Å². The number of methoxy groups -OCH3 is 1. The zero-order valence-electron chi connectivity index (χ0n) is 9.60. The molecule has 0 spiro atoms. The van der Waals surface area contributed by atoms with Crippen molar-refractivity contribution in [2.75, 3.05) is 30.5 Å². The van der Waals surface area contributed by atoms with Crippen LogP contribution >= 0.6 is 11.6 Å². The van der Waals surface area contributed by atoms with Gasteiger partial charge in [-0.2, -0.15) is 0 Å². The number of rotatable bonds is 6. The second-order valence-electron chi connectivity index (χ2n) is 3.21. The molecular formula is C9H14ClN3O3S. The van der Waals surface area contributed by atoms with Crippen molar-refractivity contribution in [2.24, 2.45) is 0 Å². The lowest BCUT2D eigenvalue weighted by atomic mass is 10.5. The van der Waals surface area contributed by atoms with Crippen LogP contribution in [0.25, 0.3) is 0 Å². The Morgan fingerprint density at radius 1 is 1.47 bits per heavy atom. The zero-order valence-corrected chi connectivity index (χ0v) is 11.2. The van der Waals surface area contributed by atoms with Gasteiger partial charge in [0.05, 0.1) is 12.9 Å². The molecular weight excluding hydrogens is 266 g/mol. The van der Waals surface area contributed by atoms with Crippen LogP contribution in [0.1, 0.15) is 6.92 Å². The van der Waals surface area contributed by atoms with Crippen molar-refractivity contribution in [1.29, 1.82) is 0 Å². The molecule has 0 atom stereocenters. The average Bonchev–Trinajstić information content (AvgIpc) is 2.29. The van der Waals surface area contributed by atoms with Crippen molar-refractivity contribution in [3.05, 3.63) is 11.5 Å². The van der Waals surface area contributed by atoms with Crippen molar-refractivity contribution in [1.82, 2.24) is 9.97 Å². The Bertz CT molecular complexity index is 478. The van der Waals surface area contributed by atoms with E-state index in [-0.39, 0.29) is 23.2 Å². The van der Waals surface area contributed by atoms with Gasteiger partial charge in [-0.05, 0) is 0 Å². The Morgan fingerprint density at radius 3 is 2.76 bits per heavy atom. The van der Waals surface area contributed by atoms with Gasteiger partial charge >= 0.3 is 0 Å². The maximum atomic E-state index is 11.3. The van der Waals surface area contributed by atoms with Gasteiger partial charge in [0.2, 0.25) is 0 Å². The summed E-state index contributed by atoms with van der Waals surface area (Å²) in [6.45, 7) is 1.86. The summed E-state index contributed by atoms with van der Waals surface area (Å²) in [4.78, 5) is 7.68. The van der Waals surface area contributed by atoms with Crippen LogP contribution in [0.4, 0.5) is 5.82 Å². The number of nitrogens with one attached hydrogen (secondary N) is 1. The molecule has 0 aliphatic carbocycles. The number of ether oxygens (including phenoxy) is 1. The van der Waals surface area contributed by atoms with Crippen LogP contribution in [0, 0.1) is 0 Å². The number of anilines is 1. The number of aromatic nitrogens is 2. The summed E-state index contributed by atoms with van der Waals surface area (Å²) in [6, 6.07) is 0. The van der Waals surface area contributed by atoms with E-state index in [2.05, 4.69) is 15.3 Å². The van der Waals surface area contributed by atoms with E-state index in [4.69, 9.17) is 16.3 Å². The molecule has 6 nitrogen and oxygen atoms in total. The molecule has 0 saturated carbocycles. The van der Waals surface area contributed by atoms with Gasteiger partial charge in [0.15, 0.2) is 26.6 Å². The summed E-state index contributed by atoms with van der Waals surface area (Å²) in [5, 5.41) is 3.04. The maximum Gasteiger partial charge on any atom is 0.198 e. The first kappa shape index (κ1) is 14.0. The van der Waals surface area contributed by atoms with E-state index in [0.717, 1.165) is 0 Å². The molecule has 1 aromatic heterocycles. The Balaban J connectivity index is 2.67. The van der Waals surface area contributed by atoms with Crippen molar-refractivity contribution < 1.29 is 13.2 Å². The highest BCUT2D eigenvalue weighted by molar-refractivity contribution is 7.91. The predicted molar refractivity (Wildman–Crippen MR) is 66.4 cm³/mol. The Kier molecular flexibility index (Phi) is 4.95. The number of halogens is 1. The Morgan fingerprint density at radius 2 is 2.18 bits per heavy atom. The number of nitrogens with zero attached hydrogens (tertiary/aromatic N) is 2. The number of sulfone groups is 1. The first-order valence-corrected chi connectivity index (χ1v) is 7.19. The first-order chi connectivity index (χ1) is 8.00. The summed E-state index contributed by atoms with van der Waals surface area (Å²) < 4.78 is 27.6. The first-order valence-electron chi connectivity index (χ1n) is 4.99. The third kappa shape index (κ3) is 4.01. The highest BCUT2D eigenvalue weighted by Crippen LogP contribution is 2.27. The second kappa shape index (κ2) is 6.02. The molecule has 1 N–H and O–H groups in total. The summed E-state index contributed by atoms with van der Waals surface area (Å²) >= 11 is 5.79. The van der Waals surface area contributed by atoms with Gasteiger partial charge in [0, 0.05) is 12.3 Å². The quantitative estimate of drug-likeness (QED) is 0.782. The van der Waals surface area contributed by atoms with E-state index in [9.17, 15) is 8.42 Å². The number of hydrogen-bond acceptors (Lipinski definition) is 6. The lowest BCUT2D eigenvalue weighted by Crippen LogP contribution is -2.18. The molecule has 17 heavy (non-hydrogen) atoms. The fourth-order valence-corrected chi connectivity index (χ4v) is 2.04. The smallest absolute Gasteiger partial charge is 0.198 e. The highest BCUT2D eigenvalue weighted by Gasteiger charge is 2.11. The molecule has 1 aromatic rings. The van der Waals surface area contributed by atoms with Crippen LogP contribution in [-0.4, -0.2) is 43.5 Å². The van der Waals surface area contributed by atoms with Crippen molar-refractivity contribution in [3.8, 4) is 5.75 Å². The minimum absolute atomic E-state index is 0.0360. The predicted octanol–water partition coefficient (Wildman–Crippen LogP) is 0.985. The van der Waals surface area contributed by atoms with Crippen LogP contribution in [0.3, 0.4) is 0 Å². The van der Waals surface area contributed by atoms with Gasteiger partial charge in [0.1, 0.15) is 6.33 Å². The molecule has 0 radical (unpaired) electrons. The van der Waals surface area contributed by atoms with E-state index in [1.807, 2.05) is 0 Å². The molecule has 0 unspecified atom stereocenters. The summed E-state index contributed by atoms with van der Waals surface area (Å²) in [5.74, 6) is 0.854. The van der Waals surface area contributed by atoms with E-state index in [0.29, 0.717) is 11.6 Å². The highest BCUT2D eigenvalue weighted by atomic mass is 35.5. The largest absolute Gasteiger partial charge is 0.490 e. The summed E-state index contributed by atoms with van der Waals surface area (Å²) in [6.07, 6.45) is 1.28. The van der Waals surface area contributed by atoms with E-state index >= 15 is 0 Å². The van der Waals surface area contributed by atoms with Crippen LogP contribution in [0.15, 0.2) is 6.33 Å². The number of hydrogen-bond donors (Lipinski definition) is 1. The van der Waals surface area contributed by atoms with Crippen molar-refractivity contribution in [2.45, 2.75) is 6.92 Å². The fourth-order valence-electron chi connectivity index (χ4n) is 1.13. The second-order valence-corrected chi connectivity index (χ2v) is 6.04. The Hall–Kier alpha value is -1.08. The molecule has 96 valence electrons. The molecule has 1 rings (SSSR count). The van der Waals surface area contributed by atoms with Gasteiger partial charge in [0.25, 0.3) is 0 Å². The topological polar surface area (TPSA) is 81.2 Å². The molecule has 8 heteroatoms. The summed E-state index contributed by atoms with van der Waals surface area (Å²) in [5.41, 5.74) is 0. The molecule has 0 aromatic carbocycles. The van der Waals surface area contributed by atoms with Crippen LogP contribution in [-0.2, 0) is 9.84 Å². The normalized spacial score (nSPS) is 11.2. The lowest BCUT2D eigenvalue weighted by Gasteiger charge is -2.10. The zero-order chi connectivity index (χ0) is 12.9. The molecule has 0 bridgehead atoms. The maximum absolute atomic E-state index is 11.3. The van der Waals surface area contributed by atoms with E-state index in [1.54, 1.807) is 6.92 Å². The molecule has 0 aliphatic heterocycles. The fraction of sp³-hybridized carbons (Fsp3) is 0.556. The lowest BCUT2D eigenvalue weighted by molar-refractivity contribution is 0.413. The van der Waals surface area contributed by atoms with E-state index < -0.39 is 9.84 Å². The van der Waals surface area contributed by atoms with Gasteiger partial charge in [-0.1, -0.05) is 18.5 Å². The minimum atomic E-state index is -3.00. The molecule has 0 amide bonds. The van der Waals surface area contributed by atoms with Crippen LogP contribution in [0.2, 0.25) is 5.15 Å². The molecule has 0 aliphatic rings. The third-order valence-electron chi connectivity index (χ3n) is 2.11. The average molecular weight is 280 g/mol. The molecule has 0 fully saturated rings. The molecule has 1 heterocycles. The van der Waals surface area contributed by atoms with Gasteiger partial charge < -0.3 is 10.1 Å². The standard InChI is InChI=1S/C9H14ClN3O3S/c1-3-17(14,15)5-4-11-9-7(16-2)8(10)12-6-13-9/h6H,3-5H2,1-2H3,(H,11,12,13). The van der Waals surface area contributed by atoms with E-state index in [1.165, 1.54) is 13.4 Å². The summed E-state index contributed by atoms with van der Waals surface area (Å²) in [7, 11) is -1.56. The monoisotopic (exact) mass is 279 g/mol. The van der Waals surface area contributed by atoms with Gasteiger partial charge in [-0.3, -0.25) is 0 Å². The third-order valence-corrected chi connectivity index (χ3v) is 4.08. The Labute approximate surface area is 105 Å². The SMILES string of the molecule is CCS(=O)(=O)CCNc1ncnc(Cl)c1OC. The van der Waals surface area contributed by atoms with Crippen molar-refractivity contribution in [3.63, 3.8) is 0 Å². The van der Waals surface area contributed by atoms with Crippen LogP contribution < -0.4 is 10.1 Å². The van der Waals surface area contributed by atoms with Gasteiger partial charge in [-0.15, -0.1) is 0 Å².